The quantitative estimate of drug-likeness (QED) is 0.527. The number of aliphatic imine (C=N–C) groups is 1. The Balaban J connectivity index is 4.26. The molecule has 0 unspecified atom stereocenters. The summed E-state index contributed by atoms with van der Waals surface area (Å²) in [6, 6.07) is 0. The summed E-state index contributed by atoms with van der Waals surface area (Å²) >= 11 is 0. The van der Waals surface area contributed by atoms with E-state index in [0.29, 0.717) is 5.92 Å². The van der Waals surface area contributed by atoms with Crippen molar-refractivity contribution in [1.82, 2.24) is 0 Å². The van der Waals surface area contributed by atoms with Gasteiger partial charge in [-0.3, -0.25) is 0 Å². The number of allylic oxidation sites excluding steroid dienone is 2. The number of hydrogen-bond acceptors (Lipinski definition) is 1. The molecule has 0 saturated carbocycles. The van der Waals surface area contributed by atoms with Crippen LogP contribution in [-0.2, 0) is 0 Å². The van der Waals surface area contributed by atoms with Gasteiger partial charge in [-0.05, 0) is 12.8 Å². The van der Waals surface area contributed by atoms with Gasteiger partial charge in [0, 0.05) is 12.6 Å². The number of halogens is 1. The second-order valence-corrected chi connectivity index (χ2v) is 2.48. The van der Waals surface area contributed by atoms with Crippen LogP contribution in [0.25, 0.3) is 0 Å². The minimum absolute atomic E-state index is 0.302. The van der Waals surface area contributed by atoms with E-state index >= 15 is 0 Å². The maximum Gasteiger partial charge on any atom is 0.186 e. The van der Waals surface area contributed by atoms with Gasteiger partial charge in [0.1, 0.15) is 0 Å². The normalized spacial score (nSPS) is 14.6. The lowest BCUT2D eigenvalue weighted by molar-refractivity contribution is 0.731. The Bertz CT molecular complexity index is 153. The van der Waals surface area contributed by atoms with Crippen LogP contribution in [0.2, 0.25) is 0 Å². The van der Waals surface area contributed by atoms with Gasteiger partial charge in [0.2, 0.25) is 0 Å². The van der Waals surface area contributed by atoms with Crippen molar-refractivity contribution >= 4 is 5.97 Å². The lowest BCUT2D eigenvalue weighted by Gasteiger charge is -2.02. The van der Waals surface area contributed by atoms with E-state index in [0.717, 1.165) is 5.70 Å². The Morgan fingerprint density at radius 3 is 2.10 bits per heavy atom. The van der Waals surface area contributed by atoms with E-state index in [-0.39, 0.29) is 5.97 Å². The largest absolute Gasteiger partial charge is 0.229 e. The summed E-state index contributed by atoms with van der Waals surface area (Å²) in [6.07, 6.45) is 1.83. The molecule has 58 valence electrons. The van der Waals surface area contributed by atoms with Crippen LogP contribution in [-0.4, -0.2) is 5.97 Å². The molecule has 0 N–H and O–H groups in total. The fourth-order valence-electron chi connectivity index (χ4n) is 0.705. The van der Waals surface area contributed by atoms with Gasteiger partial charge in [-0.15, -0.1) is 0 Å². The summed E-state index contributed by atoms with van der Waals surface area (Å²) in [5.41, 5.74) is 0.806. The SMILES string of the molecule is C/C=C(\N=C(/C)F)C(C)C. The lowest BCUT2D eigenvalue weighted by atomic mass is 10.1. The van der Waals surface area contributed by atoms with E-state index in [1.807, 2.05) is 26.8 Å². The highest BCUT2D eigenvalue weighted by molar-refractivity contribution is 5.72. The molecule has 1 nitrogen and oxygen atoms in total. The van der Waals surface area contributed by atoms with Crippen LogP contribution >= 0.6 is 0 Å². The van der Waals surface area contributed by atoms with Crippen LogP contribution in [0.1, 0.15) is 27.7 Å². The first-order valence-electron chi connectivity index (χ1n) is 3.45. The zero-order chi connectivity index (χ0) is 8.15. The molecule has 0 aliphatic rings. The molecule has 0 rings (SSSR count). The summed E-state index contributed by atoms with van der Waals surface area (Å²) in [7, 11) is 0. The molecule has 2 heteroatoms. The maximum atomic E-state index is 12.2. The van der Waals surface area contributed by atoms with E-state index in [2.05, 4.69) is 4.99 Å². The van der Waals surface area contributed by atoms with Crippen molar-refractivity contribution in [2.45, 2.75) is 27.7 Å². The predicted molar refractivity (Wildman–Crippen MR) is 42.8 cm³/mol. The van der Waals surface area contributed by atoms with Crippen molar-refractivity contribution in [2.75, 3.05) is 0 Å². The van der Waals surface area contributed by atoms with E-state index in [1.165, 1.54) is 6.92 Å². The molecule has 0 radical (unpaired) electrons. The first kappa shape index (κ1) is 9.34. The Hall–Kier alpha value is -0.660. The van der Waals surface area contributed by atoms with Crippen molar-refractivity contribution in [2.24, 2.45) is 10.9 Å². The van der Waals surface area contributed by atoms with Crippen molar-refractivity contribution in [1.29, 1.82) is 0 Å². The third kappa shape index (κ3) is 3.38. The average molecular weight is 143 g/mol. The molecular formula is C8H14FN. The summed E-state index contributed by atoms with van der Waals surface area (Å²) in [5.74, 6) is -0.0718. The molecule has 0 atom stereocenters. The summed E-state index contributed by atoms with van der Waals surface area (Å²) < 4.78 is 12.2. The van der Waals surface area contributed by atoms with Crippen LogP contribution in [0.15, 0.2) is 16.8 Å². The highest BCUT2D eigenvalue weighted by Gasteiger charge is 1.99. The van der Waals surface area contributed by atoms with Crippen LogP contribution in [0.4, 0.5) is 4.39 Å². The van der Waals surface area contributed by atoms with Crippen molar-refractivity contribution in [3.05, 3.63) is 11.8 Å². The predicted octanol–water partition coefficient (Wildman–Crippen LogP) is 2.93. The Kier molecular flexibility index (Phi) is 3.93. The van der Waals surface area contributed by atoms with Crippen LogP contribution < -0.4 is 0 Å². The van der Waals surface area contributed by atoms with Gasteiger partial charge in [0.15, 0.2) is 5.97 Å². The summed E-state index contributed by atoms with van der Waals surface area (Å²) in [4.78, 5) is 3.71. The Morgan fingerprint density at radius 2 is 2.00 bits per heavy atom. The fourth-order valence-corrected chi connectivity index (χ4v) is 0.705. The topological polar surface area (TPSA) is 12.4 Å². The number of nitrogens with zero attached hydrogens (tertiary/aromatic N) is 1. The van der Waals surface area contributed by atoms with Crippen molar-refractivity contribution in [3.8, 4) is 0 Å². The second-order valence-electron chi connectivity index (χ2n) is 2.48. The molecular weight excluding hydrogens is 129 g/mol. The second kappa shape index (κ2) is 4.20. The van der Waals surface area contributed by atoms with Gasteiger partial charge in [0.05, 0.1) is 0 Å². The molecule has 0 aromatic carbocycles. The van der Waals surface area contributed by atoms with Gasteiger partial charge < -0.3 is 0 Å². The molecule has 0 bridgehead atoms. The number of hydrogen-bond donors (Lipinski definition) is 0. The molecule has 0 aliphatic heterocycles. The Morgan fingerprint density at radius 1 is 1.50 bits per heavy atom. The monoisotopic (exact) mass is 143 g/mol. The minimum atomic E-state index is -0.373. The van der Waals surface area contributed by atoms with Crippen LogP contribution in [0, 0.1) is 5.92 Å². The standard InChI is InChI=1S/C8H14FN/c1-5-8(6(2)3)10-7(4)9/h5-6H,1-4H3/b8-5-,10-7+. The maximum absolute atomic E-state index is 12.2. The van der Waals surface area contributed by atoms with Crippen LogP contribution in [0.3, 0.4) is 0 Å². The summed E-state index contributed by atoms with van der Waals surface area (Å²) in [6.45, 7) is 7.19. The first-order chi connectivity index (χ1) is 4.57. The molecule has 0 aliphatic carbocycles. The summed E-state index contributed by atoms with van der Waals surface area (Å²) in [5, 5.41) is 0. The highest BCUT2D eigenvalue weighted by Crippen LogP contribution is 2.10. The van der Waals surface area contributed by atoms with Gasteiger partial charge in [0.25, 0.3) is 0 Å². The molecule has 0 aromatic heterocycles. The van der Waals surface area contributed by atoms with E-state index < -0.39 is 0 Å². The van der Waals surface area contributed by atoms with Gasteiger partial charge in [-0.25, -0.2) is 4.99 Å². The first-order valence-corrected chi connectivity index (χ1v) is 3.45. The smallest absolute Gasteiger partial charge is 0.186 e. The van der Waals surface area contributed by atoms with Gasteiger partial charge in [-0.2, -0.15) is 4.39 Å². The third-order valence-corrected chi connectivity index (χ3v) is 1.17. The molecule has 0 spiro atoms. The fraction of sp³-hybridized carbons (Fsp3) is 0.625. The number of rotatable bonds is 2. The third-order valence-electron chi connectivity index (χ3n) is 1.17. The highest BCUT2D eigenvalue weighted by atomic mass is 19.1. The molecule has 0 aromatic rings. The zero-order valence-electron chi connectivity index (χ0n) is 6.98. The minimum Gasteiger partial charge on any atom is -0.229 e. The molecule has 0 fully saturated rings. The van der Waals surface area contributed by atoms with E-state index in [9.17, 15) is 4.39 Å². The Labute approximate surface area is 61.7 Å². The van der Waals surface area contributed by atoms with Crippen LogP contribution in [0.5, 0.6) is 0 Å². The average Bonchev–Trinajstić information content (AvgIpc) is 1.81. The van der Waals surface area contributed by atoms with Gasteiger partial charge >= 0.3 is 0 Å². The van der Waals surface area contributed by atoms with E-state index in [4.69, 9.17) is 0 Å². The molecule has 0 saturated heterocycles. The lowest BCUT2D eigenvalue weighted by Crippen LogP contribution is -1.92. The zero-order valence-corrected chi connectivity index (χ0v) is 6.98. The van der Waals surface area contributed by atoms with Crippen molar-refractivity contribution in [3.63, 3.8) is 0 Å². The molecule has 10 heavy (non-hydrogen) atoms. The van der Waals surface area contributed by atoms with E-state index in [1.54, 1.807) is 0 Å². The molecule has 0 amide bonds. The van der Waals surface area contributed by atoms with Gasteiger partial charge in [-0.1, -0.05) is 19.9 Å². The molecule has 0 heterocycles. The van der Waals surface area contributed by atoms with Crippen molar-refractivity contribution < 1.29 is 4.39 Å².